The first kappa shape index (κ1) is 21.4. The van der Waals surface area contributed by atoms with E-state index in [1.54, 1.807) is 0 Å². The molecule has 0 radical (unpaired) electrons. The number of carboxylic acid groups (broad SMARTS) is 2. The van der Waals surface area contributed by atoms with Crippen LogP contribution in [-0.2, 0) is 9.47 Å². The average Bonchev–Trinajstić information content (AvgIpc) is 2.27. The third-order valence-electron chi connectivity index (χ3n) is 1.69. The van der Waals surface area contributed by atoms with Gasteiger partial charge in [-0.15, -0.1) is 0 Å². The summed E-state index contributed by atoms with van der Waals surface area (Å²) in [5, 5.41) is 20.0. The maximum Gasteiger partial charge on any atom is 1.00 e. The van der Waals surface area contributed by atoms with Gasteiger partial charge in [-0.05, 0) is 18.2 Å². The van der Waals surface area contributed by atoms with Crippen LogP contribution < -0.4 is 69.3 Å². The predicted molar refractivity (Wildman–Crippen MR) is 48.1 cm³/mol. The molecule has 1 aromatic rings. The first-order valence-corrected chi connectivity index (χ1v) is 4.36. The van der Waals surface area contributed by atoms with Crippen LogP contribution in [0.2, 0.25) is 0 Å². The van der Waals surface area contributed by atoms with E-state index in [4.69, 9.17) is 0 Å². The third-order valence-corrected chi connectivity index (χ3v) is 1.69. The van der Waals surface area contributed by atoms with Gasteiger partial charge in [0.15, 0.2) is 0 Å². The molecule has 0 aliphatic carbocycles. The number of esters is 2. The largest absolute Gasteiger partial charge is 1.00 e. The summed E-state index contributed by atoms with van der Waals surface area (Å²) >= 11 is 0. The Bertz CT molecular complexity index is 484. The number of rotatable bonds is 2. The van der Waals surface area contributed by atoms with E-state index in [0.29, 0.717) is 0 Å². The Hall–Kier alpha value is -0.900. The molecule has 0 amide bonds. The molecule has 1 rings (SSSR count). The van der Waals surface area contributed by atoms with Crippen molar-refractivity contribution >= 4 is 24.2 Å². The monoisotopic (exact) mass is 298 g/mol. The van der Waals surface area contributed by atoms with Crippen LogP contribution in [0.1, 0.15) is 20.7 Å². The molecule has 0 unspecified atom stereocenters. The number of hydrogen-bond donors (Lipinski definition) is 0. The summed E-state index contributed by atoms with van der Waals surface area (Å²) in [4.78, 5) is 42.3. The smallest absolute Gasteiger partial charge is 0.480 e. The molecule has 0 saturated heterocycles. The van der Waals surface area contributed by atoms with Crippen molar-refractivity contribution in [2.75, 3.05) is 0 Å². The minimum absolute atomic E-state index is 0. The molecule has 0 bridgehead atoms. The summed E-state index contributed by atoms with van der Waals surface area (Å²) in [7, 11) is 0. The third kappa shape index (κ3) is 7.04. The Kier molecular flexibility index (Phi) is 10.6. The number of ether oxygens (including phenoxy) is 2. The standard InChI is InChI=1S/C10H6O8.2Na/c11-7(17-9(13)14)5-2-1-3-6(4-5)8(12)18-10(15)16;;/h1-4H,(H,13,14)(H,15,16);;/q;2*+1/p-2. The van der Waals surface area contributed by atoms with Gasteiger partial charge in [0.05, 0.1) is 0 Å². The molecule has 0 spiro atoms. The summed E-state index contributed by atoms with van der Waals surface area (Å²) in [6.45, 7) is 0. The van der Waals surface area contributed by atoms with E-state index in [2.05, 4.69) is 9.47 Å². The van der Waals surface area contributed by atoms with E-state index in [9.17, 15) is 29.4 Å². The zero-order valence-corrected chi connectivity index (χ0v) is 14.6. The first-order valence-electron chi connectivity index (χ1n) is 4.36. The van der Waals surface area contributed by atoms with Crippen molar-refractivity contribution < 1.29 is 98.0 Å². The maximum absolute atomic E-state index is 11.1. The van der Waals surface area contributed by atoms with Crippen molar-refractivity contribution in [1.82, 2.24) is 0 Å². The van der Waals surface area contributed by atoms with Gasteiger partial charge in [-0.2, -0.15) is 0 Å². The fourth-order valence-corrected chi connectivity index (χ4v) is 1.04. The summed E-state index contributed by atoms with van der Waals surface area (Å²) in [5.41, 5.74) is -0.570. The van der Waals surface area contributed by atoms with E-state index in [1.165, 1.54) is 6.07 Å². The number of carbonyl (C=O) groups is 4. The van der Waals surface area contributed by atoms with Crippen molar-refractivity contribution in [2.45, 2.75) is 0 Å². The second-order valence-corrected chi connectivity index (χ2v) is 2.86. The second-order valence-electron chi connectivity index (χ2n) is 2.86. The molecule has 20 heavy (non-hydrogen) atoms. The fourth-order valence-electron chi connectivity index (χ4n) is 1.04. The van der Waals surface area contributed by atoms with Gasteiger partial charge in [0.2, 0.25) is 0 Å². The van der Waals surface area contributed by atoms with Gasteiger partial charge in [0, 0.05) is 11.1 Å². The van der Waals surface area contributed by atoms with Crippen LogP contribution in [0, 0.1) is 0 Å². The van der Waals surface area contributed by atoms with Gasteiger partial charge >= 0.3 is 59.1 Å². The van der Waals surface area contributed by atoms with Gasteiger partial charge < -0.3 is 29.3 Å². The summed E-state index contributed by atoms with van der Waals surface area (Å²) < 4.78 is 7.48. The molecule has 0 heterocycles. The Balaban J connectivity index is 0. The topological polar surface area (TPSA) is 133 Å². The molecule has 8 nitrogen and oxygen atoms in total. The van der Waals surface area contributed by atoms with Crippen LogP contribution in [0.3, 0.4) is 0 Å². The minimum atomic E-state index is -2.05. The minimum Gasteiger partial charge on any atom is -0.480 e. The normalized spacial score (nSPS) is 8.40. The molecule has 0 saturated carbocycles. The van der Waals surface area contributed by atoms with Crippen LogP contribution >= 0.6 is 0 Å². The molecule has 0 aliphatic rings. The van der Waals surface area contributed by atoms with Gasteiger partial charge in [-0.3, -0.25) is 9.59 Å². The van der Waals surface area contributed by atoms with Crippen molar-refractivity contribution in [3.8, 4) is 0 Å². The van der Waals surface area contributed by atoms with E-state index < -0.39 is 24.2 Å². The van der Waals surface area contributed by atoms with Gasteiger partial charge in [-0.25, -0.2) is 0 Å². The predicted octanol–water partition coefficient (Wildman–Crippen LogP) is -7.31. The van der Waals surface area contributed by atoms with Gasteiger partial charge in [-0.1, -0.05) is 6.07 Å². The van der Waals surface area contributed by atoms with Crippen molar-refractivity contribution in [3.05, 3.63) is 35.4 Å². The SMILES string of the molecule is O=C([O-])OC(=O)c1cccc(C(=O)OC(=O)[O-])c1.[Na+].[Na+]. The maximum atomic E-state index is 11.1. The molecule has 10 heteroatoms. The Morgan fingerprint density at radius 3 is 1.45 bits per heavy atom. The molecule has 1 aromatic carbocycles. The second kappa shape index (κ2) is 9.92. The van der Waals surface area contributed by atoms with E-state index >= 15 is 0 Å². The van der Waals surface area contributed by atoms with Crippen LogP contribution in [0.5, 0.6) is 0 Å². The molecule has 0 aromatic heterocycles. The van der Waals surface area contributed by atoms with Crippen LogP contribution in [-0.4, -0.2) is 24.2 Å². The van der Waals surface area contributed by atoms with E-state index in [0.717, 1.165) is 18.2 Å². The Morgan fingerprint density at radius 2 is 1.15 bits per heavy atom. The molecule has 94 valence electrons. The molecule has 0 N–H and O–H groups in total. The number of hydrogen-bond acceptors (Lipinski definition) is 8. The van der Waals surface area contributed by atoms with Crippen molar-refractivity contribution in [3.63, 3.8) is 0 Å². The quantitative estimate of drug-likeness (QED) is 0.299. The zero-order valence-electron chi connectivity index (χ0n) is 10.6. The van der Waals surface area contributed by atoms with E-state index in [1.807, 2.05) is 0 Å². The average molecular weight is 298 g/mol. The van der Waals surface area contributed by atoms with Crippen molar-refractivity contribution in [2.24, 2.45) is 0 Å². The number of benzene rings is 1. The van der Waals surface area contributed by atoms with Crippen LogP contribution in [0.25, 0.3) is 0 Å². The fraction of sp³-hybridized carbons (Fsp3) is 0. The number of carbonyl (C=O) groups excluding carboxylic acids is 4. The van der Waals surface area contributed by atoms with Gasteiger partial charge in [0.25, 0.3) is 24.2 Å². The Morgan fingerprint density at radius 1 is 0.800 bits per heavy atom. The summed E-state index contributed by atoms with van der Waals surface area (Å²) in [6.07, 6.45) is -4.11. The Labute approximate surface area is 156 Å². The zero-order chi connectivity index (χ0) is 13.7. The first-order chi connectivity index (χ1) is 8.40. The van der Waals surface area contributed by atoms with E-state index in [-0.39, 0.29) is 70.2 Å². The van der Waals surface area contributed by atoms with Gasteiger partial charge in [0.1, 0.15) is 0 Å². The molecular formula is C10H4Na2O8. The molecule has 0 atom stereocenters. The molecule has 0 fully saturated rings. The molecular weight excluding hydrogens is 294 g/mol. The van der Waals surface area contributed by atoms with Crippen LogP contribution in [0.15, 0.2) is 24.3 Å². The summed E-state index contributed by atoms with van der Waals surface area (Å²) in [6, 6.07) is 4.41. The van der Waals surface area contributed by atoms with Crippen molar-refractivity contribution in [1.29, 1.82) is 0 Å². The summed E-state index contributed by atoms with van der Waals surface area (Å²) in [5.74, 6) is -2.53. The van der Waals surface area contributed by atoms with Crippen LogP contribution in [0.4, 0.5) is 9.59 Å². The molecule has 0 aliphatic heterocycles.